The standard InChI is InChI=1S/C9H18N2/c1-8(2)6-11-5-3-4-9(10)7-11/h9H,1,3-7,10H2,2H3/t9-/m1/s1. The number of nitrogens with zero attached hydrogens (tertiary/aromatic N) is 1. The molecule has 0 spiro atoms. The summed E-state index contributed by atoms with van der Waals surface area (Å²) in [5.41, 5.74) is 7.06. The summed E-state index contributed by atoms with van der Waals surface area (Å²) < 4.78 is 0. The Morgan fingerprint density at radius 2 is 2.45 bits per heavy atom. The average molecular weight is 154 g/mol. The van der Waals surface area contributed by atoms with Gasteiger partial charge in [-0.3, -0.25) is 4.90 Å². The minimum atomic E-state index is 0.392. The van der Waals surface area contributed by atoms with Crippen LogP contribution in [0.25, 0.3) is 0 Å². The van der Waals surface area contributed by atoms with Gasteiger partial charge in [-0.05, 0) is 26.3 Å². The van der Waals surface area contributed by atoms with Gasteiger partial charge in [-0.1, -0.05) is 12.2 Å². The van der Waals surface area contributed by atoms with Gasteiger partial charge >= 0.3 is 0 Å². The minimum Gasteiger partial charge on any atom is -0.327 e. The zero-order valence-corrected chi connectivity index (χ0v) is 7.34. The average Bonchev–Trinajstić information content (AvgIpc) is 1.85. The molecule has 2 heteroatoms. The molecule has 64 valence electrons. The van der Waals surface area contributed by atoms with Crippen LogP contribution < -0.4 is 5.73 Å². The highest BCUT2D eigenvalue weighted by Gasteiger charge is 2.15. The van der Waals surface area contributed by atoms with E-state index in [0.717, 1.165) is 13.1 Å². The fourth-order valence-corrected chi connectivity index (χ4v) is 1.62. The van der Waals surface area contributed by atoms with Crippen LogP contribution in [0.4, 0.5) is 0 Å². The van der Waals surface area contributed by atoms with Crippen molar-refractivity contribution in [2.75, 3.05) is 19.6 Å². The quantitative estimate of drug-likeness (QED) is 0.601. The third-order valence-electron chi connectivity index (χ3n) is 2.04. The summed E-state index contributed by atoms with van der Waals surface area (Å²) in [6.07, 6.45) is 2.43. The second kappa shape index (κ2) is 3.88. The molecular formula is C9H18N2. The largest absolute Gasteiger partial charge is 0.327 e. The Morgan fingerprint density at radius 3 is 3.00 bits per heavy atom. The first-order valence-corrected chi connectivity index (χ1v) is 4.31. The lowest BCUT2D eigenvalue weighted by Gasteiger charge is -2.30. The lowest BCUT2D eigenvalue weighted by Crippen LogP contribution is -2.43. The van der Waals surface area contributed by atoms with Gasteiger partial charge < -0.3 is 5.73 Å². The summed E-state index contributed by atoms with van der Waals surface area (Å²) in [6.45, 7) is 9.23. The summed E-state index contributed by atoms with van der Waals surface area (Å²) >= 11 is 0. The Morgan fingerprint density at radius 1 is 1.73 bits per heavy atom. The van der Waals surface area contributed by atoms with Crippen molar-refractivity contribution in [2.24, 2.45) is 5.73 Å². The number of rotatable bonds is 2. The fraction of sp³-hybridized carbons (Fsp3) is 0.778. The van der Waals surface area contributed by atoms with Crippen LogP contribution >= 0.6 is 0 Å². The van der Waals surface area contributed by atoms with Gasteiger partial charge in [-0.2, -0.15) is 0 Å². The molecule has 0 aromatic rings. The van der Waals surface area contributed by atoms with Gasteiger partial charge in [-0.25, -0.2) is 0 Å². The van der Waals surface area contributed by atoms with Crippen LogP contribution in [0.2, 0.25) is 0 Å². The molecule has 0 aromatic heterocycles. The van der Waals surface area contributed by atoms with Gasteiger partial charge in [-0.15, -0.1) is 0 Å². The van der Waals surface area contributed by atoms with Crippen LogP contribution in [0.3, 0.4) is 0 Å². The molecule has 1 fully saturated rings. The van der Waals surface area contributed by atoms with Crippen LogP contribution in [-0.2, 0) is 0 Å². The molecule has 0 aromatic carbocycles. The van der Waals surface area contributed by atoms with E-state index >= 15 is 0 Å². The zero-order valence-electron chi connectivity index (χ0n) is 7.34. The van der Waals surface area contributed by atoms with E-state index in [1.807, 2.05) is 0 Å². The Balaban J connectivity index is 2.28. The maximum atomic E-state index is 5.83. The van der Waals surface area contributed by atoms with E-state index in [9.17, 15) is 0 Å². The molecule has 1 atom stereocenters. The first kappa shape index (κ1) is 8.75. The Labute approximate surface area is 69.1 Å². The van der Waals surface area contributed by atoms with Gasteiger partial charge in [0.15, 0.2) is 0 Å². The van der Waals surface area contributed by atoms with Gasteiger partial charge in [0.1, 0.15) is 0 Å². The fourth-order valence-electron chi connectivity index (χ4n) is 1.62. The molecule has 1 saturated heterocycles. The van der Waals surface area contributed by atoms with Crippen molar-refractivity contribution in [3.05, 3.63) is 12.2 Å². The van der Waals surface area contributed by atoms with Crippen molar-refractivity contribution < 1.29 is 0 Å². The molecule has 0 unspecified atom stereocenters. The molecule has 0 bridgehead atoms. The van der Waals surface area contributed by atoms with Crippen molar-refractivity contribution in [1.29, 1.82) is 0 Å². The van der Waals surface area contributed by atoms with Crippen molar-refractivity contribution in [3.8, 4) is 0 Å². The van der Waals surface area contributed by atoms with E-state index in [0.29, 0.717) is 6.04 Å². The van der Waals surface area contributed by atoms with Crippen molar-refractivity contribution in [3.63, 3.8) is 0 Å². The van der Waals surface area contributed by atoms with Gasteiger partial charge in [0.25, 0.3) is 0 Å². The smallest absolute Gasteiger partial charge is 0.0188 e. The number of piperidine rings is 1. The molecule has 2 nitrogen and oxygen atoms in total. The van der Waals surface area contributed by atoms with Crippen LogP contribution in [-0.4, -0.2) is 30.6 Å². The summed E-state index contributed by atoms with van der Waals surface area (Å²) in [5, 5.41) is 0. The summed E-state index contributed by atoms with van der Waals surface area (Å²) in [6, 6.07) is 0.392. The van der Waals surface area contributed by atoms with E-state index in [-0.39, 0.29) is 0 Å². The number of nitrogens with two attached hydrogens (primary N) is 1. The molecule has 2 N–H and O–H groups in total. The lowest BCUT2D eigenvalue weighted by molar-refractivity contribution is 0.225. The molecule has 1 heterocycles. The number of hydrogen-bond donors (Lipinski definition) is 1. The lowest BCUT2D eigenvalue weighted by atomic mass is 10.1. The van der Waals surface area contributed by atoms with Crippen LogP contribution in [0.15, 0.2) is 12.2 Å². The van der Waals surface area contributed by atoms with Crippen LogP contribution in [0.5, 0.6) is 0 Å². The Hall–Kier alpha value is -0.340. The van der Waals surface area contributed by atoms with Gasteiger partial charge in [0.2, 0.25) is 0 Å². The van der Waals surface area contributed by atoms with Crippen molar-refractivity contribution in [2.45, 2.75) is 25.8 Å². The van der Waals surface area contributed by atoms with Gasteiger partial charge in [0.05, 0.1) is 0 Å². The highest BCUT2D eigenvalue weighted by Crippen LogP contribution is 2.08. The SMILES string of the molecule is C=C(C)CN1CCC[C@@H](N)C1. The van der Waals surface area contributed by atoms with E-state index in [4.69, 9.17) is 5.73 Å². The van der Waals surface area contributed by atoms with Crippen molar-refractivity contribution >= 4 is 0 Å². The van der Waals surface area contributed by atoms with E-state index in [1.165, 1.54) is 25.0 Å². The third-order valence-corrected chi connectivity index (χ3v) is 2.04. The Kier molecular flexibility index (Phi) is 3.09. The summed E-state index contributed by atoms with van der Waals surface area (Å²) in [5.74, 6) is 0. The molecule has 11 heavy (non-hydrogen) atoms. The normalized spacial score (nSPS) is 26.9. The second-order valence-electron chi connectivity index (χ2n) is 3.59. The third kappa shape index (κ3) is 3.04. The monoisotopic (exact) mass is 154 g/mol. The van der Waals surface area contributed by atoms with E-state index < -0.39 is 0 Å². The van der Waals surface area contributed by atoms with Gasteiger partial charge in [0, 0.05) is 19.1 Å². The predicted molar refractivity (Wildman–Crippen MR) is 48.5 cm³/mol. The second-order valence-corrected chi connectivity index (χ2v) is 3.59. The first-order valence-electron chi connectivity index (χ1n) is 4.31. The predicted octanol–water partition coefficient (Wildman–Crippen LogP) is 0.986. The van der Waals surface area contributed by atoms with Crippen LogP contribution in [0, 0.1) is 0 Å². The zero-order chi connectivity index (χ0) is 8.27. The topological polar surface area (TPSA) is 29.3 Å². The summed E-state index contributed by atoms with van der Waals surface area (Å²) in [4.78, 5) is 2.39. The highest BCUT2D eigenvalue weighted by molar-refractivity contribution is 4.93. The van der Waals surface area contributed by atoms with Crippen LogP contribution in [0.1, 0.15) is 19.8 Å². The number of likely N-dealkylation sites (tertiary alicyclic amines) is 1. The molecule has 0 amide bonds. The first-order chi connectivity index (χ1) is 5.18. The Bertz CT molecular complexity index is 142. The molecule has 1 aliphatic heterocycles. The maximum Gasteiger partial charge on any atom is 0.0188 e. The summed E-state index contributed by atoms with van der Waals surface area (Å²) in [7, 11) is 0. The number of hydrogen-bond acceptors (Lipinski definition) is 2. The van der Waals surface area contributed by atoms with E-state index in [1.54, 1.807) is 0 Å². The van der Waals surface area contributed by atoms with Crippen molar-refractivity contribution in [1.82, 2.24) is 4.90 Å². The van der Waals surface area contributed by atoms with E-state index in [2.05, 4.69) is 18.4 Å². The maximum absolute atomic E-state index is 5.83. The highest BCUT2D eigenvalue weighted by atomic mass is 15.1. The minimum absolute atomic E-state index is 0.392. The molecule has 1 aliphatic rings. The molecule has 0 radical (unpaired) electrons. The molecular weight excluding hydrogens is 136 g/mol. The molecule has 0 saturated carbocycles. The molecule has 1 rings (SSSR count). The molecule has 0 aliphatic carbocycles.